The molecule has 2 aromatic rings. The largest absolute Gasteiger partial charge is 0.508 e. The van der Waals surface area contributed by atoms with Crippen LogP contribution in [0.5, 0.6) is 5.75 Å². The third kappa shape index (κ3) is 10.7. The van der Waals surface area contributed by atoms with Gasteiger partial charge in [-0.1, -0.05) is 49.4 Å². The smallest absolute Gasteiger partial charge is 0.246 e. The second kappa shape index (κ2) is 19.1. The summed E-state index contributed by atoms with van der Waals surface area (Å²) in [4.78, 5) is 91.1. The van der Waals surface area contributed by atoms with Crippen molar-refractivity contribution in [3.05, 3.63) is 65.7 Å². The number of nitrogens with two attached hydrogens (primary N) is 2. The zero-order valence-electron chi connectivity index (χ0n) is 31.3. The van der Waals surface area contributed by atoms with Gasteiger partial charge in [-0.2, -0.15) is 0 Å². The van der Waals surface area contributed by atoms with Crippen LogP contribution in [0.3, 0.4) is 0 Å². The summed E-state index contributed by atoms with van der Waals surface area (Å²) in [6.07, 6.45) is -3.85. The van der Waals surface area contributed by atoms with Gasteiger partial charge in [0.1, 0.15) is 48.2 Å². The Bertz CT molecular complexity index is 1900. The topological polar surface area (TPSA) is 356 Å². The van der Waals surface area contributed by atoms with E-state index in [2.05, 4.69) is 52.5 Å². The summed E-state index contributed by atoms with van der Waals surface area (Å²) in [6, 6.07) is 3.82. The first kappa shape index (κ1) is 42.6. The number of carbonyl (C=O) groups is 6. The Hall–Kier alpha value is -6.52. The Labute approximate surface area is 331 Å². The Balaban J connectivity index is 1.56. The van der Waals surface area contributed by atoms with Crippen LogP contribution in [0.4, 0.5) is 0 Å². The van der Waals surface area contributed by atoms with Crippen LogP contribution < -0.4 is 54.0 Å². The van der Waals surface area contributed by atoms with Crippen molar-refractivity contribution in [2.75, 3.05) is 26.2 Å². The van der Waals surface area contributed by atoms with Gasteiger partial charge in [-0.3, -0.25) is 38.8 Å². The molecular weight excluding hydrogens is 760 g/mol. The van der Waals surface area contributed by atoms with Crippen LogP contribution in [0, 0.1) is 0 Å². The molecule has 58 heavy (non-hydrogen) atoms. The molecule has 6 amide bonds. The van der Waals surface area contributed by atoms with Crippen molar-refractivity contribution in [1.82, 2.24) is 42.5 Å². The summed E-state index contributed by atoms with van der Waals surface area (Å²) >= 11 is 0. The number of phenolic OH excluding ortho intramolecular Hbond substituents is 1. The maximum atomic E-state index is 14.3. The molecule has 5 rings (SSSR count). The molecule has 1 saturated heterocycles. The number of aliphatic imine (C=N–C) groups is 2. The number of hydrogen-bond donors (Lipinski definition) is 14. The fourth-order valence-electron chi connectivity index (χ4n) is 6.59. The predicted molar refractivity (Wildman–Crippen MR) is 205 cm³/mol. The van der Waals surface area contributed by atoms with E-state index in [9.17, 15) is 49.2 Å². The molecule has 312 valence electrons. The van der Waals surface area contributed by atoms with Gasteiger partial charge in [-0.25, -0.2) is 0 Å². The maximum absolute atomic E-state index is 14.3. The Kier molecular flexibility index (Phi) is 14.0. The van der Waals surface area contributed by atoms with Crippen molar-refractivity contribution in [3.63, 3.8) is 0 Å². The Morgan fingerprint density at radius 2 is 1.17 bits per heavy atom. The molecule has 0 bridgehead atoms. The number of amides is 6. The van der Waals surface area contributed by atoms with Crippen molar-refractivity contribution in [1.29, 1.82) is 0 Å². The van der Waals surface area contributed by atoms with E-state index in [1.54, 1.807) is 37.3 Å². The summed E-state index contributed by atoms with van der Waals surface area (Å²) in [5.41, 5.74) is 12.6. The minimum atomic E-state index is -1.94. The van der Waals surface area contributed by atoms with Crippen molar-refractivity contribution in [2.24, 2.45) is 21.5 Å². The maximum Gasteiger partial charge on any atom is 0.246 e. The molecule has 16 N–H and O–H groups in total. The van der Waals surface area contributed by atoms with Crippen LogP contribution >= 0.6 is 0 Å². The van der Waals surface area contributed by atoms with E-state index >= 15 is 0 Å². The number of aliphatic hydroxyl groups is 3. The number of phenols is 1. The number of carbonyl (C=O) groups excluding carboxylic acids is 6. The van der Waals surface area contributed by atoms with E-state index in [0.29, 0.717) is 11.1 Å². The number of aliphatic hydroxyl groups excluding tert-OH is 3. The van der Waals surface area contributed by atoms with Crippen LogP contribution in [0.15, 0.2) is 64.6 Å². The van der Waals surface area contributed by atoms with Crippen LogP contribution in [-0.2, 0) is 35.2 Å². The van der Waals surface area contributed by atoms with E-state index in [1.165, 1.54) is 24.3 Å². The lowest BCUT2D eigenvalue weighted by Gasteiger charge is -2.33. The summed E-state index contributed by atoms with van der Waals surface area (Å²) in [5.74, 6) is -7.05. The van der Waals surface area contributed by atoms with Gasteiger partial charge in [0.05, 0.1) is 38.3 Å². The molecule has 0 spiro atoms. The SMILES string of the molecule is C[C@@H](c1ccccc1)[C@@H]1NC(=O)CNC(=O)[C@H](CO)NC(=O)[C@@H]([C@@H](O)[C@@H]2CN=C(N)N2)NC(=O)[C@H]([C@@H](O)[C@@H]2CN=C(N)N2)NC(=O)[C@@H](Cc2ccc(O)cc2)NC1=O. The quantitative estimate of drug-likeness (QED) is 0.112. The minimum Gasteiger partial charge on any atom is -0.508 e. The van der Waals surface area contributed by atoms with Crippen LogP contribution in [-0.4, -0.2) is 149 Å². The second-order valence-electron chi connectivity index (χ2n) is 14.0. The van der Waals surface area contributed by atoms with Crippen molar-refractivity contribution in [3.8, 4) is 5.75 Å². The lowest BCUT2D eigenvalue weighted by atomic mass is 9.92. The van der Waals surface area contributed by atoms with Crippen molar-refractivity contribution < 1.29 is 49.2 Å². The predicted octanol–water partition coefficient (Wildman–Crippen LogP) is -6.42. The molecular formula is C36H48N12O10. The highest BCUT2D eigenvalue weighted by atomic mass is 16.3. The summed E-state index contributed by atoms with van der Waals surface area (Å²) in [5, 5.41) is 62.9. The zero-order valence-corrected chi connectivity index (χ0v) is 31.3. The Morgan fingerprint density at radius 3 is 1.71 bits per heavy atom. The van der Waals surface area contributed by atoms with Gasteiger partial charge in [0.2, 0.25) is 35.4 Å². The average Bonchev–Trinajstić information content (AvgIpc) is 3.86. The first-order valence-corrected chi connectivity index (χ1v) is 18.4. The van der Waals surface area contributed by atoms with Crippen LogP contribution in [0.25, 0.3) is 0 Å². The van der Waals surface area contributed by atoms with E-state index in [0.717, 1.165) is 0 Å². The molecule has 10 atom stereocenters. The Morgan fingerprint density at radius 1 is 0.655 bits per heavy atom. The molecule has 1 fully saturated rings. The zero-order chi connectivity index (χ0) is 42.1. The molecule has 0 unspecified atom stereocenters. The monoisotopic (exact) mass is 808 g/mol. The van der Waals surface area contributed by atoms with E-state index < -0.39 is 109 Å². The van der Waals surface area contributed by atoms with Crippen LogP contribution in [0.2, 0.25) is 0 Å². The number of hydrogen-bond acceptors (Lipinski definition) is 16. The highest BCUT2D eigenvalue weighted by molar-refractivity contribution is 5.98. The fraction of sp³-hybridized carbons (Fsp3) is 0.444. The summed E-state index contributed by atoms with van der Waals surface area (Å²) < 4.78 is 0. The van der Waals surface area contributed by atoms with Crippen LogP contribution in [0.1, 0.15) is 24.0 Å². The highest BCUT2D eigenvalue weighted by Gasteiger charge is 2.43. The molecule has 3 aliphatic heterocycles. The van der Waals surface area contributed by atoms with E-state index in [1.807, 2.05) is 0 Å². The summed E-state index contributed by atoms with van der Waals surface area (Å²) in [6.45, 7) is -0.329. The molecule has 0 radical (unpaired) electrons. The number of guanidine groups is 2. The second-order valence-corrected chi connectivity index (χ2v) is 14.0. The molecule has 22 heteroatoms. The lowest BCUT2D eigenvalue weighted by molar-refractivity contribution is -0.139. The van der Waals surface area contributed by atoms with Gasteiger partial charge >= 0.3 is 0 Å². The lowest BCUT2D eigenvalue weighted by Crippen LogP contribution is -2.67. The summed E-state index contributed by atoms with van der Waals surface area (Å²) in [7, 11) is 0. The van der Waals surface area contributed by atoms with E-state index in [-0.39, 0.29) is 37.2 Å². The molecule has 3 aliphatic rings. The number of nitrogens with zero attached hydrogens (tertiary/aromatic N) is 2. The molecule has 2 aromatic carbocycles. The molecule has 0 saturated carbocycles. The van der Waals surface area contributed by atoms with Crippen molar-refractivity contribution >= 4 is 47.4 Å². The van der Waals surface area contributed by atoms with Gasteiger partial charge < -0.3 is 74.4 Å². The highest BCUT2D eigenvalue weighted by Crippen LogP contribution is 2.20. The van der Waals surface area contributed by atoms with Gasteiger partial charge in [-0.05, 0) is 23.3 Å². The van der Waals surface area contributed by atoms with E-state index in [4.69, 9.17) is 11.5 Å². The van der Waals surface area contributed by atoms with Gasteiger partial charge in [0.25, 0.3) is 0 Å². The third-order valence-electron chi connectivity index (χ3n) is 9.92. The molecule has 0 aromatic heterocycles. The fourth-order valence-corrected chi connectivity index (χ4v) is 6.59. The normalized spacial score (nSPS) is 27.9. The number of benzene rings is 2. The van der Waals surface area contributed by atoms with Gasteiger partial charge in [-0.15, -0.1) is 0 Å². The average molecular weight is 809 g/mol. The number of rotatable bonds is 9. The molecule has 22 nitrogen and oxygen atoms in total. The third-order valence-corrected chi connectivity index (χ3v) is 9.92. The van der Waals surface area contributed by atoms with Gasteiger partial charge in [0.15, 0.2) is 11.9 Å². The van der Waals surface area contributed by atoms with Crippen molar-refractivity contribution in [2.45, 2.75) is 73.8 Å². The minimum absolute atomic E-state index is 0.0695. The molecule has 3 heterocycles. The number of aromatic hydroxyl groups is 1. The standard InChI is InChI=1S/C36H48N12O10/c1-16(18-5-3-2-4-6-18)25-32(56)42-20(11-17-7-9-19(50)10-8-17)31(55)47-27(29(53)22-13-41-36(38)45-22)34(58)48-26(28(52)21-12-40-35(37)44-21)33(57)43-23(15-49)30(54)39-14-24(51)46-25/h2-10,16,20-23,25-29,49-50,52-53H,11-15H2,1H3,(H,39,54)(H,42,56)(H,43,57)(H,46,51)(H,47,55)(H,48,58)(H3,37,40,44)(H3,38,41,45)/t16-,20+,21-,22-,23-,25-,26+,27-,28-,29-/m0/s1. The first-order chi connectivity index (χ1) is 27.6. The van der Waals surface area contributed by atoms with Gasteiger partial charge in [0, 0.05) is 12.3 Å². The number of nitrogens with one attached hydrogen (secondary N) is 8. The first-order valence-electron chi connectivity index (χ1n) is 18.4. The molecule has 0 aliphatic carbocycles.